The number of anilines is 1. The zero-order valence-corrected chi connectivity index (χ0v) is 16.0. The van der Waals surface area contributed by atoms with E-state index in [1.54, 1.807) is 0 Å². The van der Waals surface area contributed by atoms with E-state index < -0.39 is 0 Å². The molecule has 0 aliphatic rings. The van der Waals surface area contributed by atoms with Crippen LogP contribution in [0.2, 0.25) is 0 Å². The van der Waals surface area contributed by atoms with Crippen LogP contribution in [0.4, 0.5) is 5.82 Å². The van der Waals surface area contributed by atoms with Crippen LogP contribution in [0.1, 0.15) is 37.4 Å². The lowest BCUT2D eigenvalue weighted by molar-refractivity contribution is 0.833. The second kappa shape index (κ2) is 8.08. The molecule has 1 heterocycles. The number of nitrogens with zero attached hydrogens (tertiary/aromatic N) is 2. The second-order valence-corrected chi connectivity index (χ2v) is 6.83. The molecule has 0 saturated heterocycles. The summed E-state index contributed by atoms with van der Waals surface area (Å²) in [5.41, 5.74) is 2.37. The smallest absolute Gasteiger partial charge is 0.143 e. The highest BCUT2D eigenvalue weighted by molar-refractivity contribution is 14.1. The van der Waals surface area contributed by atoms with Crippen molar-refractivity contribution >= 4 is 44.3 Å². The fraction of sp³-hybridized carbons (Fsp3) is 0.375. The summed E-state index contributed by atoms with van der Waals surface area (Å²) in [5.74, 6) is 1.84. The standard InChI is InChI=1S/C16H19BrIN3/c1-3-6-13-15(18)16(19-4-2)21-14(20-13)10-11-7-5-8-12(17)9-11/h5,7-9H,3-4,6,10H2,1-2H3,(H,19,20,21). The minimum absolute atomic E-state index is 0.755. The highest BCUT2D eigenvalue weighted by Crippen LogP contribution is 2.22. The lowest BCUT2D eigenvalue weighted by Gasteiger charge is -2.12. The zero-order chi connectivity index (χ0) is 15.2. The molecule has 2 rings (SSSR count). The molecule has 0 bridgehead atoms. The average Bonchev–Trinajstić information content (AvgIpc) is 2.44. The lowest BCUT2D eigenvalue weighted by atomic mass is 10.1. The van der Waals surface area contributed by atoms with Crippen LogP contribution >= 0.6 is 38.5 Å². The second-order valence-electron chi connectivity index (χ2n) is 4.84. The Bertz CT molecular complexity index is 589. The van der Waals surface area contributed by atoms with E-state index in [9.17, 15) is 0 Å². The first-order valence-corrected chi connectivity index (χ1v) is 9.04. The van der Waals surface area contributed by atoms with Crippen molar-refractivity contribution in [1.82, 2.24) is 9.97 Å². The Morgan fingerprint density at radius 1 is 1.24 bits per heavy atom. The molecule has 3 nitrogen and oxygen atoms in total. The molecule has 2 aromatic rings. The highest BCUT2D eigenvalue weighted by atomic mass is 127. The van der Waals surface area contributed by atoms with Gasteiger partial charge in [0, 0.05) is 17.4 Å². The van der Waals surface area contributed by atoms with Crippen molar-refractivity contribution in [2.45, 2.75) is 33.1 Å². The van der Waals surface area contributed by atoms with Crippen LogP contribution in [-0.4, -0.2) is 16.5 Å². The van der Waals surface area contributed by atoms with Gasteiger partial charge in [-0.3, -0.25) is 0 Å². The van der Waals surface area contributed by atoms with Crippen molar-refractivity contribution in [3.63, 3.8) is 0 Å². The molecule has 5 heteroatoms. The van der Waals surface area contributed by atoms with Crippen molar-refractivity contribution in [1.29, 1.82) is 0 Å². The number of aromatic nitrogens is 2. The van der Waals surface area contributed by atoms with E-state index in [-0.39, 0.29) is 0 Å². The van der Waals surface area contributed by atoms with Gasteiger partial charge in [0.15, 0.2) is 0 Å². The Morgan fingerprint density at radius 3 is 2.71 bits per heavy atom. The SMILES string of the molecule is CCCc1nc(Cc2cccc(Br)c2)nc(NCC)c1I. The predicted octanol–water partition coefficient (Wildman–Crippen LogP) is 4.82. The molecule has 0 radical (unpaired) electrons. The van der Waals surface area contributed by atoms with Crippen molar-refractivity contribution in [3.05, 3.63) is 49.4 Å². The third kappa shape index (κ3) is 4.64. The fourth-order valence-corrected chi connectivity index (χ4v) is 3.29. The number of rotatable bonds is 6. The molecule has 1 N–H and O–H groups in total. The van der Waals surface area contributed by atoms with Crippen molar-refractivity contribution in [2.24, 2.45) is 0 Å². The Balaban J connectivity index is 2.33. The van der Waals surface area contributed by atoms with Gasteiger partial charge < -0.3 is 5.32 Å². The maximum absolute atomic E-state index is 4.76. The number of aryl methyl sites for hydroxylation is 1. The topological polar surface area (TPSA) is 37.8 Å². The summed E-state index contributed by atoms with van der Waals surface area (Å²) in [4.78, 5) is 9.44. The van der Waals surface area contributed by atoms with E-state index >= 15 is 0 Å². The molecule has 0 amide bonds. The van der Waals surface area contributed by atoms with Gasteiger partial charge in [0.1, 0.15) is 11.6 Å². The van der Waals surface area contributed by atoms with Gasteiger partial charge in [-0.05, 0) is 53.6 Å². The fourth-order valence-electron chi connectivity index (χ4n) is 2.14. The monoisotopic (exact) mass is 459 g/mol. The van der Waals surface area contributed by atoms with Crippen LogP contribution in [0.25, 0.3) is 0 Å². The van der Waals surface area contributed by atoms with E-state index in [1.807, 2.05) is 12.1 Å². The van der Waals surface area contributed by atoms with Crippen molar-refractivity contribution in [3.8, 4) is 0 Å². The number of halogens is 2. The van der Waals surface area contributed by atoms with Gasteiger partial charge >= 0.3 is 0 Å². The molecule has 0 fully saturated rings. The highest BCUT2D eigenvalue weighted by Gasteiger charge is 2.11. The summed E-state index contributed by atoms with van der Waals surface area (Å²) < 4.78 is 2.24. The Labute approximate surface area is 148 Å². The average molecular weight is 460 g/mol. The summed E-state index contributed by atoms with van der Waals surface area (Å²) in [7, 11) is 0. The molecule has 0 saturated carbocycles. The van der Waals surface area contributed by atoms with Gasteiger partial charge in [0.2, 0.25) is 0 Å². The van der Waals surface area contributed by atoms with E-state index in [0.717, 1.165) is 51.2 Å². The first-order valence-electron chi connectivity index (χ1n) is 7.17. The summed E-state index contributed by atoms with van der Waals surface area (Å²) in [6.45, 7) is 5.14. The van der Waals surface area contributed by atoms with E-state index in [1.165, 1.54) is 5.56 Å². The summed E-state index contributed by atoms with van der Waals surface area (Å²) in [5, 5.41) is 3.34. The van der Waals surface area contributed by atoms with Gasteiger partial charge in [-0.15, -0.1) is 0 Å². The predicted molar refractivity (Wildman–Crippen MR) is 99.9 cm³/mol. The quantitative estimate of drug-likeness (QED) is 0.629. The van der Waals surface area contributed by atoms with Crippen LogP contribution in [0.3, 0.4) is 0 Å². The summed E-state index contributed by atoms with van der Waals surface area (Å²) in [6.07, 6.45) is 2.84. The molecule has 0 atom stereocenters. The third-order valence-electron chi connectivity index (χ3n) is 3.05. The summed E-state index contributed by atoms with van der Waals surface area (Å²) in [6, 6.07) is 8.31. The van der Waals surface area contributed by atoms with Crippen LogP contribution in [0.5, 0.6) is 0 Å². The first kappa shape index (κ1) is 16.7. The molecule has 21 heavy (non-hydrogen) atoms. The van der Waals surface area contributed by atoms with Crippen LogP contribution in [0, 0.1) is 3.57 Å². The first-order chi connectivity index (χ1) is 10.1. The molecule has 0 aliphatic carbocycles. The summed E-state index contributed by atoms with van der Waals surface area (Å²) >= 11 is 5.86. The van der Waals surface area contributed by atoms with Gasteiger partial charge in [-0.25, -0.2) is 9.97 Å². The number of hydrogen-bond donors (Lipinski definition) is 1. The molecule has 0 aliphatic heterocycles. The van der Waals surface area contributed by atoms with Gasteiger partial charge in [0.05, 0.1) is 9.26 Å². The molecular formula is C16H19BrIN3. The minimum Gasteiger partial charge on any atom is -0.369 e. The van der Waals surface area contributed by atoms with E-state index in [4.69, 9.17) is 4.98 Å². The molecule has 1 aromatic carbocycles. The molecular weight excluding hydrogens is 441 g/mol. The Morgan fingerprint density at radius 2 is 2.05 bits per heavy atom. The van der Waals surface area contributed by atoms with Crippen LogP contribution in [-0.2, 0) is 12.8 Å². The third-order valence-corrected chi connectivity index (χ3v) is 4.68. The van der Waals surface area contributed by atoms with Crippen LogP contribution < -0.4 is 5.32 Å². The largest absolute Gasteiger partial charge is 0.369 e. The van der Waals surface area contributed by atoms with Gasteiger partial charge in [-0.1, -0.05) is 41.4 Å². The maximum atomic E-state index is 4.76. The molecule has 112 valence electrons. The normalized spacial score (nSPS) is 10.7. The minimum atomic E-state index is 0.755. The molecule has 0 spiro atoms. The number of nitrogens with one attached hydrogen (secondary N) is 1. The maximum Gasteiger partial charge on any atom is 0.143 e. The molecule has 1 aromatic heterocycles. The Kier molecular flexibility index (Phi) is 6.41. The number of hydrogen-bond acceptors (Lipinski definition) is 3. The lowest BCUT2D eigenvalue weighted by Crippen LogP contribution is -2.10. The van der Waals surface area contributed by atoms with E-state index in [2.05, 4.69) is 74.8 Å². The van der Waals surface area contributed by atoms with Crippen molar-refractivity contribution in [2.75, 3.05) is 11.9 Å². The van der Waals surface area contributed by atoms with Crippen LogP contribution in [0.15, 0.2) is 28.7 Å². The molecule has 0 unspecified atom stereocenters. The number of benzene rings is 1. The van der Waals surface area contributed by atoms with E-state index in [0.29, 0.717) is 0 Å². The van der Waals surface area contributed by atoms with Gasteiger partial charge in [-0.2, -0.15) is 0 Å². The van der Waals surface area contributed by atoms with Crippen molar-refractivity contribution < 1.29 is 0 Å². The Hall–Kier alpha value is -0.690. The zero-order valence-electron chi connectivity index (χ0n) is 12.3. The van der Waals surface area contributed by atoms with Gasteiger partial charge in [0.25, 0.3) is 0 Å².